The van der Waals surface area contributed by atoms with Crippen LogP contribution in [0.15, 0.2) is 0 Å². The van der Waals surface area contributed by atoms with Gasteiger partial charge < -0.3 is 10.2 Å². The molecule has 0 aliphatic carbocycles. The summed E-state index contributed by atoms with van der Waals surface area (Å²) in [5, 5.41) is 5.47. The number of hydrogen-bond donors (Lipinski definition) is 2. The molecule has 1 rings (SSSR count). The molecule has 5 nitrogen and oxygen atoms in total. The van der Waals surface area contributed by atoms with Gasteiger partial charge in [0.15, 0.2) is 0 Å². The fourth-order valence-electron chi connectivity index (χ4n) is 1.05. The third-order valence-electron chi connectivity index (χ3n) is 1.75. The summed E-state index contributed by atoms with van der Waals surface area (Å²) >= 11 is 0. The highest BCUT2D eigenvalue weighted by molar-refractivity contribution is 5.86. The van der Waals surface area contributed by atoms with Crippen LogP contribution >= 0.6 is 0 Å². The minimum atomic E-state index is -0.266. The van der Waals surface area contributed by atoms with Crippen molar-refractivity contribution in [1.82, 2.24) is 15.5 Å². The molecule has 0 bridgehead atoms. The lowest BCUT2D eigenvalue weighted by Crippen LogP contribution is -2.57. The molecular weight excluding hydrogens is 158 g/mol. The monoisotopic (exact) mass is 171 g/mol. The molecule has 1 atom stereocenters. The number of amides is 2. The number of nitrogens with one attached hydrogen (secondary N) is 2. The average molecular weight is 171 g/mol. The minimum absolute atomic E-state index is 0.00463. The lowest BCUT2D eigenvalue weighted by atomic mass is 10.2. The van der Waals surface area contributed by atoms with Crippen LogP contribution < -0.4 is 10.6 Å². The fraction of sp³-hybridized carbons (Fsp3) is 0.714. The average Bonchev–Trinajstić information content (AvgIpc) is 2.04. The van der Waals surface area contributed by atoms with Crippen LogP contribution in [0.4, 0.5) is 0 Å². The number of carbonyl (C=O) groups excluding carboxylic acids is 2. The largest absolute Gasteiger partial charge is 0.353 e. The number of piperazine rings is 1. The van der Waals surface area contributed by atoms with E-state index >= 15 is 0 Å². The second-order valence-electron chi connectivity index (χ2n) is 2.97. The van der Waals surface area contributed by atoms with Gasteiger partial charge in [0.25, 0.3) is 0 Å². The van der Waals surface area contributed by atoms with Gasteiger partial charge in [-0.3, -0.25) is 14.9 Å². The van der Waals surface area contributed by atoms with Crippen LogP contribution in [0.5, 0.6) is 0 Å². The van der Waals surface area contributed by atoms with Crippen LogP contribution in [0.25, 0.3) is 0 Å². The molecule has 68 valence electrons. The maximum atomic E-state index is 11.3. The molecule has 1 saturated heterocycles. The highest BCUT2D eigenvalue weighted by atomic mass is 16.2. The number of nitrogens with zero attached hydrogens (tertiary/aromatic N) is 1. The van der Waals surface area contributed by atoms with Gasteiger partial charge >= 0.3 is 0 Å². The SMILES string of the molecule is CN(C)C(=O)[C@@H]1CNC(=O)CN1. The van der Waals surface area contributed by atoms with E-state index in [4.69, 9.17) is 0 Å². The van der Waals surface area contributed by atoms with E-state index in [-0.39, 0.29) is 24.4 Å². The first-order valence-corrected chi connectivity index (χ1v) is 3.82. The Morgan fingerprint density at radius 1 is 1.58 bits per heavy atom. The molecule has 2 N–H and O–H groups in total. The third kappa shape index (κ3) is 1.94. The van der Waals surface area contributed by atoms with Gasteiger partial charge in [0, 0.05) is 20.6 Å². The lowest BCUT2D eigenvalue weighted by molar-refractivity contribution is -0.132. The molecule has 0 aromatic carbocycles. The molecule has 12 heavy (non-hydrogen) atoms. The topological polar surface area (TPSA) is 61.4 Å². The zero-order valence-corrected chi connectivity index (χ0v) is 7.26. The molecule has 1 aliphatic rings. The Kier molecular flexibility index (Phi) is 2.65. The smallest absolute Gasteiger partial charge is 0.241 e. The van der Waals surface area contributed by atoms with Crippen molar-refractivity contribution in [1.29, 1.82) is 0 Å². The van der Waals surface area contributed by atoms with E-state index in [2.05, 4.69) is 10.6 Å². The van der Waals surface area contributed by atoms with E-state index in [0.29, 0.717) is 6.54 Å². The van der Waals surface area contributed by atoms with Gasteiger partial charge in [-0.05, 0) is 0 Å². The van der Waals surface area contributed by atoms with Crippen molar-refractivity contribution in [2.75, 3.05) is 27.2 Å². The number of hydrogen-bond acceptors (Lipinski definition) is 3. The molecule has 1 aliphatic heterocycles. The molecule has 0 unspecified atom stereocenters. The molecule has 1 heterocycles. The molecule has 0 radical (unpaired) electrons. The molecule has 0 aromatic rings. The van der Waals surface area contributed by atoms with E-state index in [1.165, 1.54) is 4.90 Å². The van der Waals surface area contributed by atoms with Crippen LogP contribution in [0, 0.1) is 0 Å². The Bertz CT molecular complexity index is 193. The summed E-state index contributed by atoms with van der Waals surface area (Å²) in [6.45, 7) is 0.611. The Labute approximate surface area is 71.1 Å². The fourth-order valence-corrected chi connectivity index (χ4v) is 1.05. The van der Waals surface area contributed by atoms with Crippen LogP contribution in [0.3, 0.4) is 0 Å². The second kappa shape index (κ2) is 3.53. The van der Waals surface area contributed by atoms with Crippen LogP contribution in [0.1, 0.15) is 0 Å². The highest BCUT2D eigenvalue weighted by Crippen LogP contribution is 1.92. The van der Waals surface area contributed by atoms with Crippen molar-refractivity contribution in [3.8, 4) is 0 Å². The van der Waals surface area contributed by atoms with Crippen molar-refractivity contribution >= 4 is 11.8 Å². The first kappa shape index (κ1) is 8.99. The quantitative estimate of drug-likeness (QED) is 0.487. The summed E-state index contributed by atoms with van der Waals surface area (Å²) in [6.07, 6.45) is 0. The Morgan fingerprint density at radius 2 is 2.25 bits per heavy atom. The predicted molar refractivity (Wildman–Crippen MR) is 43.5 cm³/mol. The molecule has 0 spiro atoms. The van der Waals surface area contributed by atoms with Gasteiger partial charge in [0.05, 0.1) is 6.54 Å². The molecular formula is C7H13N3O2. The Hall–Kier alpha value is -1.10. The summed E-state index contributed by atoms with van der Waals surface area (Å²) in [6, 6.07) is -0.266. The summed E-state index contributed by atoms with van der Waals surface area (Å²) < 4.78 is 0. The van der Waals surface area contributed by atoms with Crippen LogP contribution in [-0.2, 0) is 9.59 Å². The van der Waals surface area contributed by atoms with Crippen molar-refractivity contribution in [3.63, 3.8) is 0 Å². The van der Waals surface area contributed by atoms with Crippen molar-refractivity contribution in [2.45, 2.75) is 6.04 Å². The molecule has 1 fully saturated rings. The maximum absolute atomic E-state index is 11.3. The normalized spacial score (nSPS) is 23.2. The standard InChI is InChI=1S/C7H13N3O2/c1-10(2)7(12)5-3-9-6(11)4-8-5/h5,8H,3-4H2,1-2H3,(H,9,11)/t5-/m0/s1. The van der Waals surface area contributed by atoms with Crippen LogP contribution in [0.2, 0.25) is 0 Å². The van der Waals surface area contributed by atoms with Gasteiger partial charge in [0.1, 0.15) is 6.04 Å². The summed E-state index contributed by atoms with van der Waals surface area (Å²) in [5.41, 5.74) is 0. The van der Waals surface area contributed by atoms with Crippen molar-refractivity contribution < 1.29 is 9.59 Å². The van der Waals surface area contributed by atoms with Crippen molar-refractivity contribution in [3.05, 3.63) is 0 Å². The maximum Gasteiger partial charge on any atom is 0.241 e. The molecule has 2 amide bonds. The van der Waals surface area contributed by atoms with E-state index < -0.39 is 0 Å². The first-order chi connectivity index (χ1) is 5.61. The number of carbonyl (C=O) groups is 2. The minimum Gasteiger partial charge on any atom is -0.353 e. The van der Waals surface area contributed by atoms with Gasteiger partial charge in [-0.1, -0.05) is 0 Å². The van der Waals surface area contributed by atoms with Gasteiger partial charge in [-0.2, -0.15) is 0 Å². The van der Waals surface area contributed by atoms with E-state index in [0.717, 1.165) is 0 Å². The van der Waals surface area contributed by atoms with Crippen molar-refractivity contribution in [2.24, 2.45) is 0 Å². The zero-order valence-electron chi connectivity index (χ0n) is 7.26. The Morgan fingerprint density at radius 3 is 2.67 bits per heavy atom. The summed E-state index contributed by atoms with van der Waals surface area (Å²) in [5.74, 6) is -0.0622. The summed E-state index contributed by atoms with van der Waals surface area (Å²) in [4.78, 5) is 23.5. The lowest BCUT2D eigenvalue weighted by Gasteiger charge is -2.25. The second-order valence-corrected chi connectivity index (χ2v) is 2.97. The summed E-state index contributed by atoms with van der Waals surface area (Å²) in [7, 11) is 3.39. The zero-order chi connectivity index (χ0) is 9.14. The van der Waals surface area contributed by atoms with Gasteiger partial charge in [-0.25, -0.2) is 0 Å². The number of rotatable bonds is 1. The van der Waals surface area contributed by atoms with E-state index in [1.807, 2.05) is 0 Å². The van der Waals surface area contributed by atoms with E-state index in [1.54, 1.807) is 14.1 Å². The highest BCUT2D eigenvalue weighted by Gasteiger charge is 2.24. The predicted octanol–water partition coefficient (Wildman–Crippen LogP) is -1.84. The van der Waals surface area contributed by atoms with Gasteiger partial charge in [-0.15, -0.1) is 0 Å². The Balaban J connectivity index is 2.44. The molecule has 0 aromatic heterocycles. The number of likely N-dealkylation sites (N-methyl/N-ethyl adjacent to an activating group) is 1. The first-order valence-electron chi connectivity index (χ1n) is 3.82. The third-order valence-corrected chi connectivity index (χ3v) is 1.75. The molecule has 0 saturated carbocycles. The van der Waals surface area contributed by atoms with E-state index in [9.17, 15) is 9.59 Å². The molecule has 5 heteroatoms. The van der Waals surface area contributed by atoms with Crippen LogP contribution in [-0.4, -0.2) is 49.9 Å². The van der Waals surface area contributed by atoms with Gasteiger partial charge in [0.2, 0.25) is 11.8 Å².